The van der Waals surface area contributed by atoms with Crippen molar-refractivity contribution in [1.29, 1.82) is 0 Å². The van der Waals surface area contributed by atoms with Crippen LogP contribution in [0.25, 0.3) is 0 Å². The fourth-order valence-corrected chi connectivity index (χ4v) is 2.14. The van der Waals surface area contributed by atoms with E-state index in [4.69, 9.17) is 0 Å². The van der Waals surface area contributed by atoms with Gasteiger partial charge in [-0.2, -0.15) is 0 Å². The summed E-state index contributed by atoms with van der Waals surface area (Å²) in [7, 11) is 0. The summed E-state index contributed by atoms with van der Waals surface area (Å²) in [6.07, 6.45) is 0. The zero-order chi connectivity index (χ0) is 15.9. The molecule has 0 heterocycles. The number of anilines is 1. The van der Waals surface area contributed by atoms with Crippen LogP contribution < -0.4 is 5.32 Å². The molecule has 114 valence electrons. The van der Waals surface area contributed by atoms with E-state index in [1.165, 1.54) is 5.56 Å². The predicted octanol–water partition coefficient (Wildman–Crippen LogP) is 5.20. The second-order valence-electron chi connectivity index (χ2n) is 8.79. The third-order valence-electron chi connectivity index (χ3n) is 3.29. The molecule has 0 bridgehead atoms. The number of hydrogen-bond acceptors (Lipinski definition) is 2. The molecule has 1 rings (SSSR count). The van der Waals surface area contributed by atoms with Crippen LogP contribution in [0.2, 0.25) is 0 Å². The fourth-order valence-electron chi connectivity index (χ4n) is 2.14. The van der Waals surface area contributed by atoms with Crippen molar-refractivity contribution in [3.05, 3.63) is 23.3 Å². The van der Waals surface area contributed by atoms with Crippen LogP contribution in [-0.2, 0) is 10.8 Å². The lowest BCUT2D eigenvalue weighted by Crippen LogP contribution is -2.27. The van der Waals surface area contributed by atoms with E-state index in [0.29, 0.717) is 5.75 Å². The maximum atomic E-state index is 10.6. The van der Waals surface area contributed by atoms with Crippen LogP contribution in [0, 0.1) is 0 Å². The Kier molecular flexibility index (Phi) is 4.20. The molecular formula is C18H31NO. The number of benzene rings is 1. The SMILES string of the molecule is CC(C)(C)Nc1cc(C(C)(C)C)cc(C(C)(C)C)c1O. The second-order valence-corrected chi connectivity index (χ2v) is 8.79. The van der Waals surface area contributed by atoms with Crippen LogP contribution in [0.15, 0.2) is 12.1 Å². The molecule has 0 amide bonds. The van der Waals surface area contributed by atoms with Gasteiger partial charge in [-0.05, 0) is 43.2 Å². The Morgan fingerprint density at radius 2 is 1.30 bits per heavy atom. The van der Waals surface area contributed by atoms with Crippen molar-refractivity contribution in [3.63, 3.8) is 0 Å². The van der Waals surface area contributed by atoms with Crippen molar-refractivity contribution < 1.29 is 5.11 Å². The number of phenols is 1. The summed E-state index contributed by atoms with van der Waals surface area (Å²) in [5, 5.41) is 14.0. The average molecular weight is 277 g/mol. The summed E-state index contributed by atoms with van der Waals surface area (Å²) in [4.78, 5) is 0. The molecule has 0 atom stereocenters. The van der Waals surface area contributed by atoms with Crippen molar-refractivity contribution in [2.45, 2.75) is 78.7 Å². The summed E-state index contributed by atoms with van der Waals surface area (Å²) in [5.41, 5.74) is 2.96. The predicted molar refractivity (Wildman–Crippen MR) is 88.9 cm³/mol. The molecule has 0 aliphatic carbocycles. The molecule has 0 saturated heterocycles. The third kappa shape index (κ3) is 4.16. The molecule has 1 aromatic carbocycles. The highest BCUT2D eigenvalue weighted by Crippen LogP contribution is 2.41. The second kappa shape index (κ2) is 4.98. The molecule has 0 aromatic heterocycles. The molecule has 2 heteroatoms. The number of nitrogens with one attached hydrogen (secondary N) is 1. The molecule has 2 N–H and O–H groups in total. The Balaban J connectivity index is 3.51. The van der Waals surface area contributed by atoms with E-state index in [1.54, 1.807) is 0 Å². The number of rotatable bonds is 1. The van der Waals surface area contributed by atoms with E-state index in [-0.39, 0.29) is 16.4 Å². The highest BCUT2D eigenvalue weighted by molar-refractivity contribution is 5.64. The van der Waals surface area contributed by atoms with E-state index >= 15 is 0 Å². The first-order valence-corrected chi connectivity index (χ1v) is 7.38. The maximum Gasteiger partial charge on any atom is 0.142 e. The van der Waals surface area contributed by atoms with E-state index in [2.05, 4.69) is 79.8 Å². The zero-order valence-corrected chi connectivity index (χ0v) is 14.6. The summed E-state index contributed by atoms with van der Waals surface area (Å²) >= 11 is 0. The number of hydrogen-bond donors (Lipinski definition) is 2. The van der Waals surface area contributed by atoms with Crippen LogP contribution in [0.3, 0.4) is 0 Å². The molecule has 0 saturated carbocycles. The summed E-state index contributed by atoms with van der Waals surface area (Å²) in [5.74, 6) is 0.375. The fraction of sp³-hybridized carbons (Fsp3) is 0.667. The molecular weight excluding hydrogens is 246 g/mol. The average Bonchev–Trinajstić information content (AvgIpc) is 2.15. The Bertz CT molecular complexity index is 482. The van der Waals surface area contributed by atoms with E-state index in [0.717, 1.165) is 11.3 Å². The standard InChI is InChI=1S/C18H31NO/c1-16(2,3)12-10-13(17(4,5)6)15(20)14(11-12)19-18(7,8)9/h10-11,19-20H,1-9H3. The smallest absolute Gasteiger partial charge is 0.142 e. The van der Waals surface area contributed by atoms with Crippen LogP contribution in [-0.4, -0.2) is 10.6 Å². The summed E-state index contributed by atoms with van der Waals surface area (Å²) in [6, 6.07) is 4.22. The van der Waals surface area contributed by atoms with Crippen LogP contribution >= 0.6 is 0 Å². The van der Waals surface area contributed by atoms with Crippen molar-refractivity contribution >= 4 is 5.69 Å². The van der Waals surface area contributed by atoms with E-state index < -0.39 is 0 Å². The van der Waals surface area contributed by atoms with Crippen molar-refractivity contribution in [2.75, 3.05) is 5.32 Å². The highest BCUT2D eigenvalue weighted by atomic mass is 16.3. The third-order valence-corrected chi connectivity index (χ3v) is 3.29. The Morgan fingerprint density at radius 1 is 0.800 bits per heavy atom. The molecule has 0 aliphatic heterocycles. The molecule has 0 radical (unpaired) electrons. The van der Waals surface area contributed by atoms with Crippen molar-refractivity contribution in [3.8, 4) is 5.75 Å². The minimum Gasteiger partial charge on any atom is -0.505 e. The quantitative estimate of drug-likeness (QED) is 0.692. The highest BCUT2D eigenvalue weighted by Gasteiger charge is 2.26. The summed E-state index contributed by atoms with van der Waals surface area (Å²) in [6.45, 7) is 19.3. The van der Waals surface area contributed by atoms with Gasteiger partial charge in [-0.25, -0.2) is 0 Å². The van der Waals surface area contributed by atoms with Gasteiger partial charge in [-0.15, -0.1) is 0 Å². The van der Waals surface area contributed by atoms with Gasteiger partial charge in [0.15, 0.2) is 0 Å². The molecule has 20 heavy (non-hydrogen) atoms. The van der Waals surface area contributed by atoms with Crippen LogP contribution in [0.5, 0.6) is 5.75 Å². The molecule has 0 fully saturated rings. The van der Waals surface area contributed by atoms with E-state index in [9.17, 15) is 5.11 Å². The first kappa shape index (κ1) is 16.9. The normalized spacial score (nSPS) is 13.4. The Labute approximate surface area is 124 Å². The maximum absolute atomic E-state index is 10.6. The number of phenolic OH excluding ortho intramolecular Hbond substituents is 1. The Hall–Kier alpha value is -1.18. The minimum atomic E-state index is -0.0837. The number of aromatic hydroxyl groups is 1. The van der Waals surface area contributed by atoms with Crippen molar-refractivity contribution in [1.82, 2.24) is 0 Å². The topological polar surface area (TPSA) is 32.3 Å². The van der Waals surface area contributed by atoms with Crippen LogP contribution in [0.1, 0.15) is 73.4 Å². The van der Waals surface area contributed by atoms with Gasteiger partial charge in [-0.1, -0.05) is 47.6 Å². The van der Waals surface area contributed by atoms with Crippen LogP contribution in [0.4, 0.5) is 5.69 Å². The monoisotopic (exact) mass is 277 g/mol. The first-order chi connectivity index (χ1) is 8.72. The lowest BCUT2D eigenvalue weighted by atomic mass is 9.79. The first-order valence-electron chi connectivity index (χ1n) is 7.38. The van der Waals surface area contributed by atoms with Gasteiger partial charge in [0.05, 0.1) is 5.69 Å². The molecule has 2 nitrogen and oxygen atoms in total. The van der Waals surface area contributed by atoms with Gasteiger partial charge >= 0.3 is 0 Å². The molecule has 1 aromatic rings. The molecule has 0 unspecified atom stereocenters. The lowest BCUT2D eigenvalue weighted by molar-refractivity contribution is 0.444. The molecule has 0 aliphatic rings. The summed E-state index contributed by atoms with van der Waals surface area (Å²) < 4.78 is 0. The lowest BCUT2D eigenvalue weighted by Gasteiger charge is -2.30. The Morgan fingerprint density at radius 3 is 1.65 bits per heavy atom. The largest absolute Gasteiger partial charge is 0.505 e. The van der Waals surface area contributed by atoms with Gasteiger partial charge in [0, 0.05) is 11.1 Å². The van der Waals surface area contributed by atoms with Gasteiger partial charge in [-0.3, -0.25) is 0 Å². The van der Waals surface area contributed by atoms with Gasteiger partial charge in [0.25, 0.3) is 0 Å². The minimum absolute atomic E-state index is 0.0576. The van der Waals surface area contributed by atoms with Gasteiger partial charge < -0.3 is 10.4 Å². The van der Waals surface area contributed by atoms with Gasteiger partial charge in [0.2, 0.25) is 0 Å². The molecule has 0 spiro atoms. The van der Waals surface area contributed by atoms with E-state index in [1.807, 2.05) is 0 Å². The zero-order valence-electron chi connectivity index (χ0n) is 14.6. The van der Waals surface area contributed by atoms with Crippen molar-refractivity contribution in [2.24, 2.45) is 0 Å². The van der Waals surface area contributed by atoms with Gasteiger partial charge in [0.1, 0.15) is 5.75 Å².